The molecular weight excluding hydrogens is 224 g/mol. The van der Waals surface area contributed by atoms with E-state index in [2.05, 4.69) is 5.32 Å². The number of rotatable bonds is 6. The van der Waals surface area contributed by atoms with E-state index >= 15 is 0 Å². The van der Waals surface area contributed by atoms with Gasteiger partial charge in [-0.2, -0.15) is 0 Å². The van der Waals surface area contributed by atoms with E-state index in [1.807, 2.05) is 50.3 Å². The molecule has 0 saturated carbocycles. The van der Waals surface area contributed by atoms with Crippen LogP contribution >= 0.6 is 0 Å². The van der Waals surface area contributed by atoms with Crippen LogP contribution in [0, 0.1) is 0 Å². The van der Waals surface area contributed by atoms with Crippen molar-refractivity contribution >= 4 is 12.0 Å². The van der Waals surface area contributed by atoms with Crippen molar-refractivity contribution in [2.75, 3.05) is 6.54 Å². The zero-order valence-electron chi connectivity index (χ0n) is 11.1. The molecule has 0 aromatic heterocycles. The van der Waals surface area contributed by atoms with Gasteiger partial charge in [0.1, 0.15) is 0 Å². The van der Waals surface area contributed by atoms with Crippen LogP contribution in [0.1, 0.15) is 32.3 Å². The lowest BCUT2D eigenvalue weighted by atomic mass is 9.93. The van der Waals surface area contributed by atoms with Crippen molar-refractivity contribution in [2.24, 2.45) is 5.73 Å². The molecule has 0 aliphatic carbocycles. The minimum Gasteiger partial charge on any atom is -0.346 e. The highest BCUT2D eigenvalue weighted by Gasteiger charge is 2.25. The molecule has 0 aliphatic rings. The SMILES string of the molecule is CCC(CC)(CN)NC(=O)C=Cc1ccccc1. The highest BCUT2D eigenvalue weighted by Crippen LogP contribution is 2.13. The van der Waals surface area contributed by atoms with Crippen molar-refractivity contribution in [1.29, 1.82) is 0 Å². The maximum Gasteiger partial charge on any atom is 0.244 e. The number of hydrogen-bond acceptors (Lipinski definition) is 2. The van der Waals surface area contributed by atoms with E-state index in [9.17, 15) is 4.79 Å². The molecule has 1 aromatic carbocycles. The van der Waals surface area contributed by atoms with Gasteiger partial charge in [0, 0.05) is 12.6 Å². The minimum atomic E-state index is -0.280. The summed E-state index contributed by atoms with van der Waals surface area (Å²) in [6, 6.07) is 9.75. The van der Waals surface area contributed by atoms with Gasteiger partial charge < -0.3 is 11.1 Å². The van der Waals surface area contributed by atoms with Crippen LogP contribution < -0.4 is 11.1 Å². The van der Waals surface area contributed by atoms with E-state index in [0.717, 1.165) is 18.4 Å². The maximum absolute atomic E-state index is 11.9. The van der Waals surface area contributed by atoms with Crippen LogP contribution in [0.2, 0.25) is 0 Å². The largest absolute Gasteiger partial charge is 0.346 e. The summed E-state index contributed by atoms with van der Waals surface area (Å²) in [7, 11) is 0. The van der Waals surface area contributed by atoms with Gasteiger partial charge in [-0.3, -0.25) is 4.79 Å². The lowest BCUT2D eigenvalue weighted by Gasteiger charge is -2.30. The molecule has 0 aliphatic heterocycles. The van der Waals surface area contributed by atoms with Crippen molar-refractivity contribution in [2.45, 2.75) is 32.2 Å². The van der Waals surface area contributed by atoms with Crippen LogP contribution in [0.3, 0.4) is 0 Å². The Morgan fingerprint density at radius 2 is 1.89 bits per heavy atom. The van der Waals surface area contributed by atoms with E-state index in [0.29, 0.717) is 6.54 Å². The predicted octanol–water partition coefficient (Wildman–Crippen LogP) is 2.33. The monoisotopic (exact) mass is 246 g/mol. The minimum absolute atomic E-state index is 0.0898. The van der Waals surface area contributed by atoms with Gasteiger partial charge in [-0.05, 0) is 24.5 Å². The second kappa shape index (κ2) is 6.97. The number of carbonyl (C=O) groups is 1. The Balaban J connectivity index is 2.64. The Morgan fingerprint density at radius 3 is 2.39 bits per heavy atom. The maximum atomic E-state index is 11.9. The number of hydrogen-bond donors (Lipinski definition) is 2. The Hall–Kier alpha value is -1.61. The Kier molecular flexibility index (Phi) is 5.59. The zero-order valence-corrected chi connectivity index (χ0v) is 11.1. The van der Waals surface area contributed by atoms with Crippen molar-refractivity contribution in [3.05, 3.63) is 42.0 Å². The van der Waals surface area contributed by atoms with Crippen LogP contribution in [-0.4, -0.2) is 18.0 Å². The summed E-state index contributed by atoms with van der Waals surface area (Å²) >= 11 is 0. The topological polar surface area (TPSA) is 55.1 Å². The quantitative estimate of drug-likeness (QED) is 0.757. The lowest BCUT2D eigenvalue weighted by Crippen LogP contribution is -2.52. The first-order valence-electron chi connectivity index (χ1n) is 6.41. The highest BCUT2D eigenvalue weighted by atomic mass is 16.1. The van der Waals surface area contributed by atoms with Crippen LogP contribution in [0.15, 0.2) is 36.4 Å². The standard InChI is InChI=1S/C15H22N2O/c1-3-15(4-2,12-16)17-14(18)11-10-13-8-6-5-7-9-13/h5-11H,3-4,12,16H2,1-2H3,(H,17,18). The molecule has 0 heterocycles. The molecule has 0 unspecified atom stereocenters. The molecule has 98 valence electrons. The molecule has 3 heteroatoms. The molecule has 0 saturated heterocycles. The van der Waals surface area contributed by atoms with E-state index < -0.39 is 0 Å². The molecule has 3 nitrogen and oxygen atoms in total. The van der Waals surface area contributed by atoms with Gasteiger partial charge >= 0.3 is 0 Å². The molecule has 0 spiro atoms. The normalized spacial score (nSPS) is 11.7. The Bertz CT molecular complexity index is 386. The smallest absolute Gasteiger partial charge is 0.244 e. The third-order valence-electron chi connectivity index (χ3n) is 3.36. The molecule has 18 heavy (non-hydrogen) atoms. The van der Waals surface area contributed by atoms with E-state index in [1.165, 1.54) is 0 Å². The van der Waals surface area contributed by atoms with Gasteiger partial charge in [0.05, 0.1) is 5.54 Å². The molecule has 1 aromatic rings. The summed E-state index contributed by atoms with van der Waals surface area (Å²) in [6.45, 7) is 4.54. The van der Waals surface area contributed by atoms with Crippen LogP contribution in [-0.2, 0) is 4.79 Å². The van der Waals surface area contributed by atoms with Gasteiger partial charge in [0.15, 0.2) is 0 Å². The first-order valence-corrected chi connectivity index (χ1v) is 6.41. The molecule has 0 fully saturated rings. The van der Waals surface area contributed by atoms with Gasteiger partial charge in [-0.1, -0.05) is 44.2 Å². The lowest BCUT2D eigenvalue weighted by molar-refractivity contribution is -0.118. The van der Waals surface area contributed by atoms with Gasteiger partial charge in [-0.25, -0.2) is 0 Å². The first kappa shape index (κ1) is 14.5. The number of nitrogens with two attached hydrogens (primary N) is 1. The fourth-order valence-corrected chi connectivity index (χ4v) is 1.81. The molecule has 0 radical (unpaired) electrons. The summed E-state index contributed by atoms with van der Waals surface area (Å²) < 4.78 is 0. The van der Waals surface area contributed by atoms with Gasteiger partial charge in [0.2, 0.25) is 5.91 Å². The third kappa shape index (κ3) is 4.00. The second-order valence-corrected chi connectivity index (χ2v) is 4.42. The van der Waals surface area contributed by atoms with Gasteiger partial charge in [-0.15, -0.1) is 0 Å². The summed E-state index contributed by atoms with van der Waals surface area (Å²) in [6.07, 6.45) is 5.04. The highest BCUT2D eigenvalue weighted by molar-refractivity contribution is 5.92. The number of nitrogens with one attached hydrogen (secondary N) is 1. The van der Waals surface area contributed by atoms with Crippen molar-refractivity contribution in [3.63, 3.8) is 0 Å². The molecule has 0 atom stereocenters. The molecule has 3 N–H and O–H groups in total. The number of carbonyl (C=O) groups excluding carboxylic acids is 1. The Morgan fingerprint density at radius 1 is 1.28 bits per heavy atom. The predicted molar refractivity (Wildman–Crippen MR) is 76.0 cm³/mol. The fraction of sp³-hybridized carbons (Fsp3) is 0.400. The molecule has 1 amide bonds. The fourth-order valence-electron chi connectivity index (χ4n) is 1.81. The molecule has 0 bridgehead atoms. The molecular formula is C15H22N2O. The average molecular weight is 246 g/mol. The van der Waals surface area contributed by atoms with Crippen LogP contribution in [0.25, 0.3) is 6.08 Å². The second-order valence-electron chi connectivity index (χ2n) is 4.42. The zero-order chi connectivity index (χ0) is 13.4. The summed E-state index contributed by atoms with van der Waals surface area (Å²) in [4.78, 5) is 11.9. The number of amides is 1. The van der Waals surface area contributed by atoms with Crippen molar-refractivity contribution < 1.29 is 4.79 Å². The van der Waals surface area contributed by atoms with Crippen LogP contribution in [0.4, 0.5) is 0 Å². The van der Waals surface area contributed by atoms with E-state index in [-0.39, 0.29) is 11.4 Å². The summed E-state index contributed by atoms with van der Waals surface area (Å²) in [5.74, 6) is -0.0898. The number of benzene rings is 1. The Labute approximate surface area is 109 Å². The third-order valence-corrected chi connectivity index (χ3v) is 3.36. The van der Waals surface area contributed by atoms with Crippen molar-refractivity contribution in [3.8, 4) is 0 Å². The average Bonchev–Trinajstić information content (AvgIpc) is 2.44. The van der Waals surface area contributed by atoms with Gasteiger partial charge in [0.25, 0.3) is 0 Å². The van der Waals surface area contributed by atoms with E-state index in [4.69, 9.17) is 5.73 Å². The molecule has 1 rings (SSSR count). The summed E-state index contributed by atoms with van der Waals surface area (Å²) in [5, 5.41) is 3.00. The van der Waals surface area contributed by atoms with Crippen LogP contribution in [0.5, 0.6) is 0 Å². The van der Waals surface area contributed by atoms with Crippen molar-refractivity contribution in [1.82, 2.24) is 5.32 Å². The van der Waals surface area contributed by atoms with E-state index in [1.54, 1.807) is 6.08 Å². The summed E-state index contributed by atoms with van der Waals surface area (Å²) in [5.41, 5.74) is 6.48. The first-order chi connectivity index (χ1) is 8.65.